The Balaban J connectivity index is 1.82. The van der Waals surface area contributed by atoms with Gasteiger partial charge in [-0.05, 0) is 43.5 Å². The van der Waals surface area contributed by atoms with E-state index in [0.29, 0.717) is 25.1 Å². The molecule has 0 bridgehead atoms. The van der Waals surface area contributed by atoms with Crippen LogP contribution in [0.15, 0.2) is 24.3 Å². The van der Waals surface area contributed by atoms with Crippen LogP contribution in [0.4, 0.5) is 4.39 Å². The van der Waals surface area contributed by atoms with Crippen molar-refractivity contribution in [1.82, 2.24) is 10.2 Å². The molecule has 5 heteroatoms. The Morgan fingerprint density at radius 1 is 1.24 bits per heavy atom. The standard InChI is InChI=1S/C16H21FN2O2/c1-2-3-15(20)19-10-8-14(9-11-19)18-16(21)12-4-6-13(17)7-5-12/h4-7,14H,2-3,8-11H2,1H3,(H,18,21). The molecule has 1 N–H and O–H groups in total. The van der Waals surface area contributed by atoms with Crippen LogP contribution in [0, 0.1) is 5.82 Å². The summed E-state index contributed by atoms with van der Waals surface area (Å²) in [5.74, 6) is -0.344. The van der Waals surface area contributed by atoms with E-state index < -0.39 is 0 Å². The third kappa shape index (κ3) is 4.28. The summed E-state index contributed by atoms with van der Waals surface area (Å²) in [4.78, 5) is 25.7. The highest BCUT2D eigenvalue weighted by molar-refractivity contribution is 5.94. The predicted molar refractivity (Wildman–Crippen MR) is 78.4 cm³/mol. The Kier molecular flexibility index (Phi) is 5.31. The minimum absolute atomic E-state index is 0.0771. The number of rotatable bonds is 4. The van der Waals surface area contributed by atoms with Crippen LogP contribution in [0.25, 0.3) is 0 Å². The average molecular weight is 292 g/mol. The number of hydrogen-bond donors (Lipinski definition) is 1. The number of piperidine rings is 1. The molecule has 0 saturated carbocycles. The molecule has 1 heterocycles. The zero-order chi connectivity index (χ0) is 15.2. The van der Waals surface area contributed by atoms with Gasteiger partial charge in [0, 0.05) is 31.1 Å². The van der Waals surface area contributed by atoms with Crippen LogP contribution in [0.3, 0.4) is 0 Å². The van der Waals surface area contributed by atoms with Gasteiger partial charge in [0.15, 0.2) is 0 Å². The van der Waals surface area contributed by atoms with Crippen LogP contribution in [0.1, 0.15) is 43.0 Å². The molecular formula is C16H21FN2O2. The second kappa shape index (κ2) is 7.20. The van der Waals surface area contributed by atoms with Crippen molar-refractivity contribution in [3.63, 3.8) is 0 Å². The number of benzene rings is 1. The van der Waals surface area contributed by atoms with E-state index in [1.54, 1.807) is 0 Å². The maximum Gasteiger partial charge on any atom is 0.251 e. The summed E-state index contributed by atoms with van der Waals surface area (Å²) < 4.78 is 12.8. The summed E-state index contributed by atoms with van der Waals surface area (Å²) in [6, 6.07) is 5.59. The molecule has 1 aromatic carbocycles. The van der Waals surface area contributed by atoms with Gasteiger partial charge in [-0.2, -0.15) is 0 Å². The first-order chi connectivity index (χ1) is 10.1. The summed E-state index contributed by atoms with van der Waals surface area (Å²) in [6.07, 6.45) is 2.98. The van der Waals surface area contributed by atoms with E-state index in [0.717, 1.165) is 19.3 Å². The molecule has 114 valence electrons. The Morgan fingerprint density at radius 2 is 1.86 bits per heavy atom. The normalized spacial score (nSPS) is 15.8. The fourth-order valence-corrected chi connectivity index (χ4v) is 2.52. The highest BCUT2D eigenvalue weighted by Crippen LogP contribution is 2.13. The van der Waals surface area contributed by atoms with E-state index in [-0.39, 0.29) is 23.7 Å². The van der Waals surface area contributed by atoms with Crippen molar-refractivity contribution in [2.24, 2.45) is 0 Å². The maximum atomic E-state index is 12.8. The van der Waals surface area contributed by atoms with Crippen molar-refractivity contribution in [2.75, 3.05) is 13.1 Å². The first kappa shape index (κ1) is 15.5. The number of likely N-dealkylation sites (tertiary alicyclic amines) is 1. The van der Waals surface area contributed by atoms with Crippen LogP contribution in [-0.2, 0) is 4.79 Å². The van der Waals surface area contributed by atoms with Crippen LogP contribution >= 0.6 is 0 Å². The van der Waals surface area contributed by atoms with Crippen molar-refractivity contribution in [3.8, 4) is 0 Å². The van der Waals surface area contributed by atoms with Crippen molar-refractivity contribution >= 4 is 11.8 Å². The lowest BCUT2D eigenvalue weighted by molar-refractivity contribution is -0.132. The van der Waals surface area contributed by atoms with Gasteiger partial charge in [-0.3, -0.25) is 9.59 Å². The Bertz CT molecular complexity index is 494. The van der Waals surface area contributed by atoms with Gasteiger partial charge in [0.05, 0.1) is 0 Å². The van der Waals surface area contributed by atoms with Crippen molar-refractivity contribution in [3.05, 3.63) is 35.6 Å². The second-order valence-corrected chi connectivity index (χ2v) is 5.39. The Morgan fingerprint density at radius 3 is 2.43 bits per heavy atom. The molecule has 2 rings (SSSR count). The van der Waals surface area contributed by atoms with E-state index in [9.17, 15) is 14.0 Å². The highest BCUT2D eigenvalue weighted by Gasteiger charge is 2.23. The van der Waals surface area contributed by atoms with E-state index in [1.807, 2.05) is 11.8 Å². The molecule has 0 spiro atoms. The molecule has 21 heavy (non-hydrogen) atoms. The van der Waals surface area contributed by atoms with Crippen LogP contribution in [0.5, 0.6) is 0 Å². The summed E-state index contributed by atoms with van der Waals surface area (Å²) in [7, 11) is 0. The number of nitrogens with one attached hydrogen (secondary N) is 1. The second-order valence-electron chi connectivity index (χ2n) is 5.39. The third-order valence-electron chi connectivity index (χ3n) is 3.75. The van der Waals surface area contributed by atoms with E-state index in [4.69, 9.17) is 0 Å². The molecular weight excluding hydrogens is 271 g/mol. The molecule has 0 aromatic heterocycles. The Hall–Kier alpha value is -1.91. The molecule has 1 aliphatic heterocycles. The monoisotopic (exact) mass is 292 g/mol. The number of carbonyl (C=O) groups excluding carboxylic acids is 2. The lowest BCUT2D eigenvalue weighted by Gasteiger charge is -2.32. The van der Waals surface area contributed by atoms with Crippen LogP contribution < -0.4 is 5.32 Å². The molecule has 0 radical (unpaired) electrons. The highest BCUT2D eigenvalue weighted by atomic mass is 19.1. The summed E-state index contributed by atoms with van der Waals surface area (Å²) in [5.41, 5.74) is 0.459. The zero-order valence-electron chi connectivity index (χ0n) is 12.3. The van der Waals surface area contributed by atoms with E-state index in [1.165, 1.54) is 24.3 Å². The van der Waals surface area contributed by atoms with Crippen molar-refractivity contribution < 1.29 is 14.0 Å². The molecule has 1 saturated heterocycles. The van der Waals surface area contributed by atoms with Crippen LogP contribution in [-0.4, -0.2) is 35.8 Å². The lowest BCUT2D eigenvalue weighted by atomic mass is 10.0. The van der Waals surface area contributed by atoms with Gasteiger partial charge in [-0.25, -0.2) is 4.39 Å². The first-order valence-corrected chi connectivity index (χ1v) is 7.44. The summed E-state index contributed by atoms with van der Waals surface area (Å²) in [6.45, 7) is 3.37. The van der Waals surface area contributed by atoms with Crippen LogP contribution in [0.2, 0.25) is 0 Å². The topological polar surface area (TPSA) is 49.4 Å². The van der Waals surface area contributed by atoms with E-state index in [2.05, 4.69) is 5.32 Å². The number of halogens is 1. The van der Waals surface area contributed by atoms with Gasteiger partial charge in [-0.15, -0.1) is 0 Å². The molecule has 0 atom stereocenters. The van der Waals surface area contributed by atoms with Gasteiger partial charge in [0.1, 0.15) is 5.82 Å². The van der Waals surface area contributed by atoms with Gasteiger partial charge in [0.2, 0.25) is 5.91 Å². The van der Waals surface area contributed by atoms with Gasteiger partial charge >= 0.3 is 0 Å². The smallest absolute Gasteiger partial charge is 0.251 e. The molecule has 1 aliphatic rings. The molecule has 4 nitrogen and oxygen atoms in total. The molecule has 1 aromatic rings. The quantitative estimate of drug-likeness (QED) is 0.926. The number of nitrogens with zero attached hydrogens (tertiary/aromatic N) is 1. The molecule has 0 aliphatic carbocycles. The molecule has 2 amide bonds. The number of amides is 2. The summed E-state index contributed by atoms with van der Waals surface area (Å²) in [5, 5.41) is 2.95. The van der Waals surface area contributed by atoms with Gasteiger partial charge in [-0.1, -0.05) is 6.92 Å². The first-order valence-electron chi connectivity index (χ1n) is 7.44. The lowest BCUT2D eigenvalue weighted by Crippen LogP contribution is -2.46. The maximum absolute atomic E-state index is 12.8. The minimum Gasteiger partial charge on any atom is -0.349 e. The Labute approximate surface area is 124 Å². The fourth-order valence-electron chi connectivity index (χ4n) is 2.52. The zero-order valence-corrected chi connectivity index (χ0v) is 12.3. The van der Waals surface area contributed by atoms with E-state index >= 15 is 0 Å². The van der Waals surface area contributed by atoms with Crippen molar-refractivity contribution in [1.29, 1.82) is 0 Å². The number of carbonyl (C=O) groups is 2. The predicted octanol–water partition coefficient (Wildman–Crippen LogP) is 2.35. The summed E-state index contributed by atoms with van der Waals surface area (Å²) >= 11 is 0. The van der Waals surface area contributed by atoms with Crippen molar-refractivity contribution in [2.45, 2.75) is 38.6 Å². The third-order valence-corrected chi connectivity index (χ3v) is 3.75. The fraction of sp³-hybridized carbons (Fsp3) is 0.500. The SMILES string of the molecule is CCCC(=O)N1CCC(NC(=O)c2ccc(F)cc2)CC1. The average Bonchev–Trinajstić information content (AvgIpc) is 2.49. The largest absolute Gasteiger partial charge is 0.349 e. The molecule has 1 fully saturated rings. The number of hydrogen-bond acceptors (Lipinski definition) is 2. The minimum atomic E-state index is -0.353. The van der Waals surface area contributed by atoms with Gasteiger partial charge in [0.25, 0.3) is 5.91 Å². The molecule has 0 unspecified atom stereocenters. The van der Waals surface area contributed by atoms with Gasteiger partial charge < -0.3 is 10.2 Å².